The number of benzene rings is 2. The lowest BCUT2D eigenvalue weighted by atomic mass is 9.76. The van der Waals surface area contributed by atoms with Crippen LogP contribution in [0.2, 0.25) is 0 Å². The van der Waals surface area contributed by atoms with Gasteiger partial charge in [0, 0.05) is 23.5 Å². The van der Waals surface area contributed by atoms with Gasteiger partial charge in [0.1, 0.15) is 5.75 Å². The maximum absolute atomic E-state index is 13.5. The minimum absolute atomic E-state index is 0.287. The van der Waals surface area contributed by atoms with Crippen molar-refractivity contribution in [3.63, 3.8) is 0 Å². The van der Waals surface area contributed by atoms with Crippen LogP contribution in [0.25, 0.3) is 5.03 Å². The number of hydrogen-bond donors (Lipinski definition) is 0. The number of sulfonamides is 1. The lowest BCUT2D eigenvalue weighted by Gasteiger charge is -2.29. The zero-order valence-corrected chi connectivity index (χ0v) is 19.5. The van der Waals surface area contributed by atoms with E-state index in [9.17, 15) is 8.42 Å². The van der Waals surface area contributed by atoms with Gasteiger partial charge in [-0.1, -0.05) is 53.6 Å². The summed E-state index contributed by atoms with van der Waals surface area (Å²) in [5, 5.41) is 0.635. The van der Waals surface area contributed by atoms with E-state index in [4.69, 9.17) is 16.3 Å². The van der Waals surface area contributed by atoms with E-state index in [-0.39, 0.29) is 5.41 Å². The summed E-state index contributed by atoms with van der Waals surface area (Å²) in [5.74, 6) is 0.730. The molecule has 4 nitrogen and oxygen atoms in total. The van der Waals surface area contributed by atoms with Crippen molar-refractivity contribution in [3.05, 3.63) is 77.4 Å². The summed E-state index contributed by atoms with van der Waals surface area (Å²) >= 11 is 6.98. The molecular weight excluding hydrogens is 430 g/mol. The predicted molar refractivity (Wildman–Crippen MR) is 126 cm³/mol. The molecule has 164 valence electrons. The fraction of sp³-hybridized carbons (Fsp3) is 0.360. The number of ether oxygens (including phenoxy) is 1. The van der Waals surface area contributed by atoms with Gasteiger partial charge in [-0.15, -0.1) is 0 Å². The molecule has 1 saturated heterocycles. The molecule has 0 saturated carbocycles. The van der Waals surface area contributed by atoms with Crippen LogP contribution in [0.5, 0.6) is 5.75 Å². The Hall–Kier alpha value is -2.08. The van der Waals surface area contributed by atoms with Crippen LogP contribution in [-0.2, 0) is 10.0 Å². The molecule has 1 unspecified atom stereocenters. The van der Waals surface area contributed by atoms with E-state index in [0.717, 1.165) is 48.1 Å². The van der Waals surface area contributed by atoms with Crippen LogP contribution in [0.1, 0.15) is 36.8 Å². The van der Waals surface area contributed by atoms with Gasteiger partial charge in [0.15, 0.2) is 0 Å². The standard InChI is InChI=1S/C25H28ClNO3S/c1-19-10-12-22(13-11-19)31(28,29)27-17-23(25(18-27)14-5-3-4-6-15-25)24(26)20-8-7-9-21(16-20)30-2/h3,5,7-13,16H,4,6,14-15,17-18H2,1-2H3/b24-23+. The highest BCUT2D eigenvalue weighted by Gasteiger charge is 2.47. The van der Waals surface area contributed by atoms with Crippen molar-refractivity contribution < 1.29 is 13.2 Å². The van der Waals surface area contributed by atoms with Crippen LogP contribution in [0, 0.1) is 12.3 Å². The van der Waals surface area contributed by atoms with E-state index in [1.807, 2.05) is 43.3 Å². The zero-order valence-electron chi connectivity index (χ0n) is 18.0. The Kier molecular flexibility index (Phi) is 6.29. The van der Waals surface area contributed by atoms with Crippen molar-refractivity contribution >= 4 is 26.7 Å². The number of rotatable bonds is 4. The van der Waals surface area contributed by atoms with Gasteiger partial charge >= 0.3 is 0 Å². The van der Waals surface area contributed by atoms with E-state index >= 15 is 0 Å². The Labute approximate surface area is 190 Å². The number of methoxy groups -OCH3 is 1. The predicted octanol–water partition coefficient (Wildman–Crippen LogP) is 5.77. The Morgan fingerprint density at radius 2 is 1.90 bits per heavy atom. The van der Waals surface area contributed by atoms with Crippen LogP contribution in [0.15, 0.2) is 71.2 Å². The fourth-order valence-electron chi connectivity index (χ4n) is 4.60. The molecule has 2 aromatic carbocycles. The Morgan fingerprint density at radius 1 is 1.13 bits per heavy atom. The largest absolute Gasteiger partial charge is 0.497 e. The minimum Gasteiger partial charge on any atom is -0.497 e. The maximum atomic E-state index is 13.5. The minimum atomic E-state index is -3.61. The second-order valence-electron chi connectivity index (χ2n) is 8.46. The molecule has 1 fully saturated rings. The quantitative estimate of drug-likeness (QED) is 0.547. The highest BCUT2D eigenvalue weighted by atomic mass is 35.5. The first-order valence-electron chi connectivity index (χ1n) is 10.6. The summed E-state index contributed by atoms with van der Waals surface area (Å²) in [5.41, 5.74) is 2.61. The molecule has 31 heavy (non-hydrogen) atoms. The maximum Gasteiger partial charge on any atom is 0.243 e. The third-order valence-electron chi connectivity index (χ3n) is 6.40. The zero-order chi connectivity index (χ0) is 22.1. The first-order valence-corrected chi connectivity index (χ1v) is 12.4. The molecule has 4 rings (SSSR count). The highest BCUT2D eigenvalue weighted by molar-refractivity contribution is 7.89. The molecule has 1 spiro atoms. The first-order chi connectivity index (χ1) is 14.9. The molecule has 2 aliphatic rings. The molecule has 1 aliphatic heterocycles. The summed E-state index contributed by atoms with van der Waals surface area (Å²) < 4.78 is 33.9. The summed E-state index contributed by atoms with van der Waals surface area (Å²) in [7, 11) is -1.98. The molecule has 1 heterocycles. The van der Waals surface area contributed by atoms with Gasteiger partial charge in [-0.05, 0) is 68.0 Å². The monoisotopic (exact) mass is 457 g/mol. The van der Waals surface area contributed by atoms with E-state index in [2.05, 4.69) is 12.2 Å². The van der Waals surface area contributed by atoms with Crippen LogP contribution < -0.4 is 4.74 Å². The third kappa shape index (κ3) is 4.32. The van der Waals surface area contributed by atoms with Gasteiger partial charge in [-0.2, -0.15) is 4.31 Å². The van der Waals surface area contributed by atoms with Crippen molar-refractivity contribution in [1.29, 1.82) is 0 Å². The Bertz CT molecular complexity index is 1120. The molecular formula is C25H28ClNO3S. The van der Waals surface area contributed by atoms with Gasteiger partial charge in [-0.3, -0.25) is 0 Å². The van der Waals surface area contributed by atoms with Gasteiger partial charge in [0.25, 0.3) is 0 Å². The Balaban J connectivity index is 1.79. The van der Waals surface area contributed by atoms with E-state index < -0.39 is 10.0 Å². The molecule has 0 radical (unpaired) electrons. The molecule has 0 bridgehead atoms. The molecule has 1 atom stereocenters. The van der Waals surface area contributed by atoms with E-state index in [1.165, 1.54) is 0 Å². The lowest BCUT2D eigenvalue weighted by Crippen LogP contribution is -2.32. The van der Waals surface area contributed by atoms with Crippen molar-refractivity contribution in [2.45, 2.75) is 37.5 Å². The summed E-state index contributed by atoms with van der Waals surface area (Å²) in [6, 6.07) is 14.7. The number of hydrogen-bond acceptors (Lipinski definition) is 3. The number of aryl methyl sites for hydroxylation is 1. The van der Waals surface area contributed by atoms with Crippen LogP contribution in [0.4, 0.5) is 0 Å². The molecule has 0 N–H and O–H groups in total. The number of nitrogens with zero attached hydrogens (tertiary/aromatic N) is 1. The molecule has 0 amide bonds. The van der Waals surface area contributed by atoms with Crippen LogP contribution in [0.3, 0.4) is 0 Å². The molecule has 2 aromatic rings. The van der Waals surface area contributed by atoms with Crippen molar-refractivity contribution in [2.75, 3.05) is 20.2 Å². The number of halogens is 1. The van der Waals surface area contributed by atoms with Crippen LogP contribution >= 0.6 is 11.6 Å². The molecule has 0 aromatic heterocycles. The topological polar surface area (TPSA) is 46.6 Å². The van der Waals surface area contributed by atoms with Crippen LogP contribution in [-0.4, -0.2) is 32.9 Å². The SMILES string of the molecule is COc1cccc(/C(Cl)=C2/CN(S(=O)(=O)c3ccc(C)cc3)CC23CC=CCCC3)c1. The summed E-state index contributed by atoms with van der Waals surface area (Å²) in [6.45, 7) is 2.71. The summed E-state index contributed by atoms with van der Waals surface area (Å²) in [6.07, 6.45) is 8.11. The van der Waals surface area contributed by atoms with Crippen molar-refractivity contribution in [3.8, 4) is 5.75 Å². The smallest absolute Gasteiger partial charge is 0.243 e. The van der Waals surface area contributed by atoms with Gasteiger partial charge in [0.05, 0.1) is 12.0 Å². The lowest BCUT2D eigenvalue weighted by molar-refractivity contribution is 0.322. The molecule has 1 aliphatic carbocycles. The van der Waals surface area contributed by atoms with Crippen molar-refractivity contribution in [1.82, 2.24) is 4.31 Å². The summed E-state index contributed by atoms with van der Waals surface area (Å²) in [4.78, 5) is 0.330. The fourth-order valence-corrected chi connectivity index (χ4v) is 6.48. The normalized spacial score (nSPS) is 23.7. The second-order valence-corrected chi connectivity index (χ2v) is 10.8. The average molecular weight is 458 g/mol. The van der Waals surface area contributed by atoms with E-state index in [0.29, 0.717) is 23.0 Å². The average Bonchev–Trinajstić information content (AvgIpc) is 2.99. The Morgan fingerprint density at radius 3 is 2.65 bits per heavy atom. The second kappa shape index (κ2) is 8.81. The number of allylic oxidation sites excluding steroid dienone is 2. The molecule has 6 heteroatoms. The first kappa shape index (κ1) is 22.1. The van der Waals surface area contributed by atoms with Gasteiger partial charge in [0.2, 0.25) is 10.0 Å². The van der Waals surface area contributed by atoms with Gasteiger partial charge in [-0.25, -0.2) is 8.42 Å². The van der Waals surface area contributed by atoms with Gasteiger partial charge < -0.3 is 4.74 Å². The van der Waals surface area contributed by atoms with Crippen molar-refractivity contribution in [2.24, 2.45) is 5.41 Å². The third-order valence-corrected chi connectivity index (χ3v) is 8.65. The van der Waals surface area contributed by atoms with E-state index in [1.54, 1.807) is 23.5 Å². The highest BCUT2D eigenvalue weighted by Crippen LogP contribution is 2.50.